The molecule has 5 N–H and O–H groups in total. The van der Waals surface area contributed by atoms with Crippen LogP contribution in [0.4, 0.5) is 0 Å². The molecule has 58 valence electrons. The topological polar surface area (TPSA) is 81.1 Å². The molecule has 1 saturated heterocycles. The molecule has 1 aliphatic rings. The third-order valence-electron chi connectivity index (χ3n) is 1.91. The van der Waals surface area contributed by atoms with Gasteiger partial charge in [0.1, 0.15) is 5.54 Å². The number of hydrogen-bond donors (Lipinski definition) is 3. The second kappa shape index (κ2) is 2.56. The lowest BCUT2D eigenvalue weighted by Crippen LogP contribution is -2.60. The fraction of sp³-hybridized carbons (Fsp3) is 0.833. The summed E-state index contributed by atoms with van der Waals surface area (Å²) in [4.78, 5) is 10.7. The van der Waals surface area contributed by atoms with Crippen LogP contribution in [0.5, 0.6) is 0 Å². The fourth-order valence-corrected chi connectivity index (χ4v) is 1.14. The highest BCUT2D eigenvalue weighted by Gasteiger charge is 2.32. The maximum Gasteiger partial charge on any atom is 0.238 e. The summed E-state index contributed by atoms with van der Waals surface area (Å²) in [5.41, 5.74) is 9.97. The largest absolute Gasteiger partial charge is 0.368 e. The average molecular weight is 143 g/mol. The van der Waals surface area contributed by atoms with Gasteiger partial charge >= 0.3 is 0 Å². The van der Waals surface area contributed by atoms with Crippen molar-refractivity contribution >= 4 is 5.91 Å². The van der Waals surface area contributed by atoms with Gasteiger partial charge in [0, 0.05) is 6.54 Å². The van der Waals surface area contributed by atoms with Crippen molar-refractivity contribution in [3.05, 3.63) is 0 Å². The maximum atomic E-state index is 10.7. The normalized spacial score (nSPS) is 33.7. The van der Waals surface area contributed by atoms with Gasteiger partial charge in [-0.25, -0.2) is 0 Å². The van der Waals surface area contributed by atoms with E-state index < -0.39 is 11.4 Å². The number of piperidine rings is 1. The Labute approximate surface area is 59.9 Å². The van der Waals surface area contributed by atoms with E-state index in [-0.39, 0.29) is 0 Å². The van der Waals surface area contributed by atoms with Gasteiger partial charge in [0.15, 0.2) is 0 Å². The highest BCUT2D eigenvalue weighted by molar-refractivity contribution is 5.84. The fourth-order valence-electron chi connectivity index (χ4n) is 1.14. The number of hydrogen-bond acceptors (Lipinski definition) is 3. The second-order valence-electron chi connectivity index (χ2n) is 2.80. The molecule has 1 amide bonds. The van der Waals surface area contributed by atoms with Crippen LogP contribution < -0.4 is 16.8 Å². The van der Waals surface area contributed by atoms with Gasteiger partial charge in [-0.15, -0.1) is 0 Å². The van der Waals surface area contributed by atoms with Crippen LogP contribution in [0.25, 0.3) is 0 Å². The molecule has 1 aliphatic heterocycles. The third kappa shape index (κ3) is 1.27. The van der Waals surface area contributed by atoms with E-state index in [1.165, 1.54) is 0 Å². The van der Waals surface area contributed by atoms with Gasteiger partial charge in [-0.3, -0.25) is 4.79 Å². The summed E-state index contributed by atoms with van der Waals surface area (Å²) < 4.78 is 0. The van der Waals surface area contributed by atoms with Gasteiger partial charge in [0.2, 0.25) is 5.91 Å². The zero-order valence-corrected chi connectivity index (χ0v) is 5.89. The van der Waals surface area contributed by atoms with Gasteiger partial charge in [-0.1, -0.05) is 0 Å². The molecule has 10 heavy (non-hydrogen) atoms. The molecule has 0 bridgehead atoms. The summed E-state index contributed by atoms with van der Waals surface area (Å²) in [6.45, 7) is 1.45. The van der Waals surface area contributed by atoms with Crippen LogP contribution in [0.3, 0.4) is 0 Å². The Morgan fingerprint density at radius 2 is 2.30 bits per heavy atom. The van der Waals surface area contributed by atoms with Crippen LogP contribution in [0.15, 0.2) is 0 Å². The number of nitrogens with one attached hydrogen (secondary N) is 1. The first-order valence-corrected chi connectivity index (χ1v) is 3.45. The van der Waals surface area contributed by atoms with E-state index in [9.17, 15) is 4.79 Å². The minimum absolute atomic E-state index is 0.403. The minimum Gasteiger partial charge on any atom is -0.368 e. The average Bonchev–Trinajstić information content (AvgIpc) is 1.89. The Bertz CT molecular complexity index is 140. The zero-order valence-electron chi connectivity index (χ0n) is 5.89. The van der Waals surface area contributed by atoms with Crippen molar-refractivity contribution in [2.45, 2.75) is 18.4 Å². The predicted octanol–water partition coefficient (Wildman–Crippen LogP) is -1.45. The first-order chi connectivity index (χ1) is 4.65. The van der Waals surface area contributed by atoms with Gasteiger partial charge in [0.05, 0.1) is 0 Å². The van der Waals surface area contributed by atoms with E-state index in [4.69, 9.17) is 11.5 Å². The summed E-state index contributed by atoms with van der Waals surface area (Å²) in [5, 5.41) is 3.03. The van der Waals surface area contributed by atoms with Crippen molar-refractivity contribution in [2.75, 3.05) is 13.1 Å². The Morgan fingerprint density at radius 3 is 2.60 bits per heavy atom. The molecule has 0 unspecified atom stereocenters. The molecule has 1 rings (SSSR count). The van der Waals surface area contributed by atoms with Crippen LogP contribution in [0, 0.1) is 0 Å². The molecule has 0 aliphatic carbocycles. The minimum atomic E-state index is -0.793. The van der Waals surface area contributed by atoms with E-state index >= 15 is 0 Å². The SMILES string of the molecule is NC(=O)[C@]1(N)CCCNC1. The van der Waals surface area contributed by atoms with Crippen LogP contribution in [0.1, 0.15) is 12.8 Å². The Kier molecular flexibility index (Phi) is 1.92. The molecule has 0 aromatic carbocycles. The number of primary amides is 1. The molecule has 4 nitrogen and oxygen atoms in total. The van der Waals surface area contributed by atoms with E-state index in [1.54, 1.807) is 0 Å². The van der Waals surface area contributed by atoms with Crippen LogP contribution >= 0.6 is 0 Å². The number of amides is 1. The molecule has 0 spiro atoms. The molecule has 0 radical (unpaired) electrons. The van der Waals surface area contributed by atoms with E-state index in [0.29, 0.717) is 13.0 Å². The van der Waals surface area contributed by atoms with E-state index in [0.717, 1.165) is 13.0 Å². The van der Waals surface area contributed by atoms with E-state index in [2.05, 4.69) is 5.32 Å². The highest BCUT2D eigenvalue weighted by atomic mass is 16.1. The quantitative estimate of drug-likeness (QED) is 0.420. The number of nitrogens with two attached hydrogens (primary N) is 2. The number of carbonyl (C=O) groups excluding carboxylic acids is 1. The van der Waals surface area contributed by atoms with Crippen LogP contribution in [-0.4, -0.2) is 24.5 Å². The molecule has 0 aromatic rings. The first-order valence-electron chi connectivity index (χ1n) is 3.45. The van der Waals surface area contributed by atoms with Gasteiger partial charge in [0.25, 0.3) is 0 Å². The van der Waals surface area contributed by atoms with Crippen molar-refractivity contribution < 1.29 is 4.79 Å². The van der Waals surface area contributed by atoms with Crippen LogP contribution in [0.2, 0.25) is 0 Å². The molecule has 1 fully saturated rings. The molecule has 1 atom stereocenters. The summed E-state index contributed by atoms with van der Waals surface area (Å²) in [5.74, 6) is -0.403. The second-order valence-corrected chi connectivity index (χ2v) is 2.80. The Morgan fingerprint density at radius 1 is 1.60 bits per heavy atom. The highest BCUT2D eigenvalue weighted by Crippen LogP contribution is 2.11. The van der Waals surface area contributed by atoms with E-state index in [1.807, 2.05) is 0 Å². The standard InChI is InChI=1S/C6H13N3O/c7-5(10)6(8)2-1-3-9-4-6/h9H,1-4,8H2,(H2,7,10)/t6-/m0/s1. The van der Waals surface area contributed by atoms with Crippen molar-refractivity contribution in [1.82, 2.24) is 5.32 Å². The lowest BCUT2D eigenvalue weighted by atomic mass is 9.91. The van der Waals surface area contributed by atoms with Gasteiger partial charge < -0.3 is 16.8 Å². The smallest absolute Gasteiger partial charge is 0.238 e. The lowest BCUT2D eigenvalue weighted by Gasteiger charge is -2.30. The monoisotopic (exact) mass is 143 g/mol. The predicted molar refractivity (Wildman–Crippen MR) is 38.2 cm³/mol. The Balaban J connectivity index is 2.56. The number of rotatable bonds is 1. The summed E-state index contributed by atoms with van der Waals surface area (Å²) >= 11 is 0. The third-order valence-corrected chi connectivity index (χ3v) is 1.91. The van der Waals surface area contributed by atoms with Gasteiger partial charge in [-0.05, 0) is 19.4 Å². The molecule has 0 aromatic heterocycles. The maximum absolute atomic E-state index is 10.7. The molecular formula is C6H13N3O. The lowest BCUT2D eigenvalue weighted by molar-refractivity contribution is -0.123. The van der Waals surface area contributed by atoms with Crippen molar-refractivity contribution in [3.63, 3.8) is 0 Å². The molecule has 0 saturated carbocycles. The molecular weight excluding hydrogens is 130 g/mol. The molecule has 4 heteroatoms. The summed E-state index contributed by atoms with van der Waals surface area (Å²) in [7, 11) is 0. The summed E-state index contributed by atoms with van der Waals surface area (Å²) in [6.07, 6.45) is 1.63. The van der Waals surface area contributed by atoms with Gasteiger partial charge in [-0.2, -0.15) is 0 Å². The zero-order chi connectivity index (χ0) is 7.61. The Hall–Kier alpha value is -0.610. The van der Waals surface area contributed by atoms with Crippen molar-refractivity contribution in [1.29, 1.82) is 0 Å². The number of carbonyl (C=O) groups is 1. The van der Waals surface area contributed by atoms with Crippen molar-refractivity contribution in [2.24, 2.45) is 11.5 Å². The first kappa shape index (κ1) is 7.50. The van der Waals surface area contributed by atoms with Crippen LogP contribution in [-0.2, 0) is 4.79 Å². The molecule has 1 heterocycles. The van der Waals surface area contributed by atoms with Crippen molar-refractivity contribution in [3.8, 4) is 0 Å². The summed E-state index contributed by atoms with van der Waals surface area (Å²) in [6, 6.07) is 0.